The first-order valence-electron chi connectivity index (χ1n) is 9.33. The van der Waals surface area contributed by atoms with Gasteiger partial charge in [-0.05, 0) is 55.3 Å². The first-order valence-corrected chi connectivity index (χ1v) is 10.1. The number of thioether (sulfide) groups is 1. The summed E-state index contributed by atoms with van der Waals surface area (Å²) in [6, 6.07) is 17.1. The summed E-state index contributed by atoms with van der Waals surface area (Å²) in [6.45, 7) is 0.517. The van der Waals surface area contributed by atoms with Crippen LogP contribution in [0.25, 0.3) is 0 Å². The van der Waals surface area contributed by atoms with Crippen LogP contribution in [0.1, 0.15) is 24.0 Å². The fourth-order valence-corrected chi connectivity index (χ4v) is 4.88. The molecule has 29 heavy (non-hydrogen) atoms. The van der Waals surface area contributed by atoms with Crippen LogP contribution in [-0.2, 0) is 4.87 Å². The minimum absolute atomic E-state index is 0.152. The van der Waals surface area contributed by atoms with E-state index in [2.05, 4.69) is 4.98 Å². The summed E-state index contributed by atoms with van der Waals surface area (Å²) in [4.78, 5) is 3.46. The van der Waals surface area contributed by atoms with E-state index in [0.29, 0.717) is 18.0 Å². The summed E-state index contributed by atoms with van der Waals surface area (Å²) in [5, 5.41) is 7.06. The van der Waals surface area contributed by atoms with Gasteiger partial charge < -0.3 is 5.73 Å². The third kappa shape index (κ3) is 3.75. The Morgan fingerprint density at radius 2 is 1.76 bits per heavy atom. The lowest BCUT2D eigenvalue weighted by atomic mass is 10.00. The minimum atomic E-state index is -0.629. The molecule has 0 aliphatic carbocycles. The fraction of sp³-hybridized carbons (Fsp3) is 0.182. The van der Waals surface area contributed by atoms with Crippen LogP contribution < -0.4 is 10.7 Å². The molecule has 3 aromatic rings. The Kier molecular flexibility index (Phi) is 5.60. The van der Waals surface area contributed by atoms with Crippen molar-refractivity contribution < 1.29 is 8.78 Å². The highest BCUT2D eigenvalue weighted by Gasteiger charge is 2.46. The van der Waals surface area contributed by atoms with E-state index in [1.165, 1.54) is 17.8 Å². The molecular weight excluding hydrogens is 390 g/mol. The van der Waals surface area contributed by atoms with Gasteiger partial charge >= 0.3 is 0 Å². The molecule has 4 rings (SSSR count). The lowest BCUT2D eigenvalue weighted by molar-refractivity contribution is 0.527. The van der Waals surface area contributed by atoms with E-state index in [4.69, 9.17) is 10.8 Å². The molecule has 0 fully saturated rings. The summed E-state index contributed by atoms with van der Waals surface area (Å²) in [5.41, 5.74) is 7.82. The van der Waals surface area contributed by atoms with Gasteiger partial charge in [0.15, 0.2) is 0 Å². The molecule has 1 aromatic heterocycles. The van der Waals surface area contributed by atoms with Gasteiger partial charge in [0.05, 0.1) is 5.69 Å². The van der Waals surface area contributed by atoms with Crippen molar-refractivity contribution in [3.8, 4) is 0 Å². The molecule has 148 valence electrons. The lowest BCUT2D eigenvalue weighted by Gasteiger charge is -2.37. The van der Waals surface area contributed by atoms with Gasteiger partial charge in [-0.3, -0.25) is 4.98 Å². The molecule has 0 spiro atoms. The van der Waals surface area contributed by atoms with Gasteiger partial charge in [0.1, 0.15) is 21.5 Å². The predicted octanol–water partition coefficient (Wildman–Crippen LogP) is 4.87. The van der Waals surface area contributed by atoms with Crippen molar-refractivity contribution >= 4 is 22.5 Å². The van der Waals surface area contributed by atoms with Crippen molar-refractivity contribution in [1.29, 1.82) is 0 Å². The van der Waals surface area contributed by atoms with Gasteiger partial charge in [-0.15, -0.1) is 0 Å². The quantitative estimate of drug-likeness (QED) is 0.630. The number of hydrazone groups is 1. The number of halogens is 2. The second-order valence-electron chi connectivity index (χ2n) is 6.69. The average molecular weight is 410 g/mol. The maximum atomic E-state index is 14.5. The Bertz CT molecular complexity index is 1010. The maximum Gasteiger partial charge on any atom is 0.139 e. The number of aromatic nitrogens is 1. The van der Waals surface area contributed by atoms with Crippen LogP contribution >= 0.6 is 11.8 Å². The third-order valence-corrected chi connectivity index (χ3v) is 6.25. The van der Waals surface area contributed by atoms with Crippen molar-refractivity contribution in [3.63, 3.8) is 0 Å². The molecular formula is C22H20F2N4S. The molecule has 0 amide bonds. The van der Waals surface area contributed by atoms with Crippen LogP contribution in [0.4, 0.5) is 14.5 Å². The van der Waals surface area contributed by atoms with Crippen LogP contribution in [-0.4, -0.2) is 16.6 Å². The Hall–Kier alpha value is -2.77. The van der Waals surface area contributed by atoms with Gasteiger partial charge in [0, 0.05) is 18.0 Å². The molecule has 4 nitrogen and oxygen atoms in total. The van der Waals surface area contributed by atoms with Crippen molar-refractivity contribution in [3.05, 3.63) is 95.8 Å². The topological polar surface area (TPSA) is 54.5 Å². The van der Waals surface area contributed by atoms with E-state index in [1.54, 1.807) is 12.4 Å². The summed E-state index contributed by atoms with van der Waals surface area (Å²) in [6.07, 6.45) is 4.81. The number of hydrogen-bond acceptors (Lipinski definition) is 5. The predicted molar refractivity (Wildman–Crippen MR) is 114 cm³/mol. The van der Waals surface area contributed by atoms with Crippen molar-refractivity contribution in [2.75, 3.05) is 11.6 Å². The van der Waals surface area contributed by atoms with Crippen LogP contribution in [0, 0.1) is 11.6 Å². The zero-order valence-corrected chi connectivity index (χ0v) is 16.4. The monoisotopic (exact) mass is 410 g/mol. The van der Waals surface area contributed by atoms with E-state index < -0.39 is 16.5 Å². The summed E-state index contributed by atoms with van der Waals surface area (Å²) in [5.74, 6) is -1.01. The molecule has 2 aromatic carbocycles. The van der Waals surface area contributed by atoms with E-state index in [0.717, 1.165) is 29.8 Å². The van der Waals surface area contributed by atoms with Crippen molar-refractivity contribution in [1.82, 2.24) is 4.98 Å². The largest absolute Gasteiger partial charge is 0.330 e. The zero-order chi connectivity index (χ0) is 20.3. The zero-order valence-electron chi connectivity index (χ0n) is 15.6. The first-order chi connectivity index (χ1) is 14.1. The molecule has 1 aliphatic heterocycles. The molecule has 2 N–H and O–H groups in total. The van der Waals surface area contributed by atoms with Crippen LogP contribution in [0.2, 0.25) is 0 Å². The SMILES string of the molecule is NCCCC1(c2ccccc2)SC(c2cc(F)ccc2F)=NN1c1ccncc1. The van der Waals surface area contributed by atoms with E-state index in [-0.39, 0.29) is 5.56 Å². The molecule has 0 radical (unpaired) electrons. The number of rotatable bonds is 6. The number of nitrogens with two attached hydrogens (primary N) is 1. The minimum Gasteiger partial charge on any atom is -0.330 e. The highest BCUT2D eigenvalue weighted by molar-refractivity contribution is 8.15. The summed E-state index contributed by atoms with van der Waals surface area (Å²) in [7, 11) is 0. The fourth-order valence-electron chi connectivity index (χ4n) is 3.44. The standard InChI is InChI=1S/C22H20F2N4S/c23-17-7-8-20(24)19(15-17)21-27-28(18-9-13-26-14-10-18)22(29-21,11-4-12-25)16-5-2-1-3-6-16/h1-3,5-10,13-15H,4,11-12,25H2. The van der Waals surface area contributed by atoms with Crippen molar-refractivity contribution in [2.24, 2.45) is 10.8 Å². The molecule has 7 heteroatoms. The smallest absolute Gasteiger partial charge is 0.139 e. The number of benzene rings is 2. The average Bonchev–Trinajstić information content (AvgIpc) is 3.16. The molecule has 1 atom stereocenters. The van der Waals surface area contributed by atoms with Crippen LogP contribution in [0.3, 0.4) is 0 Å². The number of pyridine rings is 1. The third-order valence-electron chi connectivity index (χ3n) is 4.81. The molecule has 0 saturated heterocycles. The van der Waals surface area contributed by atoms with Crippen LogP contribution in [0.5, 0.6) is 0 Å². The summed E-state index contributed by atoms with van der Waals surface area (Å²) >= 11 is 1.42. The number of anilines is 1. The van der Waals surface area contributed by atoms with E-state index in [1.807, 2.05) is 47.5 Å². The van der Waals surface area contributed by atoms with Gasteiger partial charge in [-0.1, -0.05) is 42.1 Å². The van der Waals surface area contributed by atoms with Crippen molar-refractivity contribution in [2.45, 2.75) is 17.7 Å². The second kappa shape index (κ2) is 8.31. The highest BCUT2D eigenvalue weighted by Crippen LogP contribution is 2.52. The van der Waals surface area contributed by atoms with Gasteiger partial charge in [-0.25, -0.2) is 13.8 Å². The molecule has 2 heterocycles. The molecule has 0 bridgehead atoms. The second-order valence-corrected chi connectivity index (χ2v) is 7.96. The van der Waals surface area contributed by atoms with Gasteiger partial charge in [0.2, 0.25) is 0 Å². The summed E-state index contributed by atoms with van der Waals surface area (Å²) < 4.78 is 28.4. The Morgan fingerprint density at radius 3 is 2.48 bits per heavy atom. The highest BCUT2D eigenvalue weighted by atomic mass is 32.2. The Morgan fingerprint density at radius 1 is 1.00 bits per heavy atom. The normalized spacial score (nSPS) is 18.7. The lowest BCUT2D eigenvalue weighted by Crippen LogP contribution is -2.38. The first kappa shape index (κ1) is 19.5. The number of nitrogens with zero attached hydrogens (tertiary/aromatic N) is 3. The van der Waals surface area contributed by atoms with Crippen LogP contribution in [0.15, 0.2) is 78.2 Å². The number of hydrogen-bond donors (Lipinski definition) is 1. The molecule has 1 aliphatic rings. The van der Waals surface area contributed by atoms with Gasteiger partial charge in [-0.2, -0.15) is 5.10 Å². The Balaban J connectivity index is 1.88. The molecule has 1 unspecified atom stereocenters. The van der Waals surface area contributed by atoms with Gasteiger partial charge in [0.25, 0.3) is 0 Å². The maximum absolute atomic E-state index is 14.5. The molecule has 0 saturated carbocycles. The Labute approximate surface area is 172 Å². The van der Waals surface area contributed by atoms with E-state index >= 15 is 0 Å². The van der Waals surface area contributed by atoms with E-state index in [9.17, 15) is 8.78 Å².